The van der Waals surface area contributed by atoms with Crippen LogP contribution in [0.5, 0.6) is 0 Å². The molecular weight excluding hydrogens is 792 g/mol. The third kappa shape index (κ3) is 15.2. The van der Waals surface area contributed by atoms with Crippen LogP contribution in [0.15, 0.2) is 97.3 Å². The Hall–Kier alpha value is -4.85. The average molecular weight is 848 g/mol. The molecule has 0 saturated heterocycles. The number of hydrogen-bond donors (Lipinski definition) is 4. The molecule has 0 spiro atoms. The van der Waals surface area contributed by atoms with Gasteiger partial charge in [0, 0.05) is 81.7 Å². The van der Waals surface area contributed by atoms with E-state index in [1.165, 1.54) is 41.8 Å². The van der Waals surface area contributed by atoms with Gasteiger partial charge in [-0.25, -0.2) is 18.7 Å². The summed E-state index contributed by atoms with van der Waals surface area (Å²) in [6.45, 7) is 2.00. The summed E-state index contributed by atoms with van der Waals surface area (Å²) in [5.74, 6) is 1.59. The molecule has 3 radical (unpaired) electrons. The molecule has 6 aromatic rings. The van der Waals surface area contributed by atoms with Crippen LogP contribution in [0.1, 0.15) is 86.4 Å². The van der Waals surface area contributed by atoms with Crippen molar-refractivity contribution in [2.75, 3.05) is 30.8 Å². The molecule has 0 bridgehead atoms. The molecule has 0 amide bonds. The normalized spacial score (nSPS) is 13.2. The summed E-state index contributed by atoms with van der Waals surface area (Å²) in [6, 6.07) is 21.5. The van der Waals surface area contributed by atoms with Gasteiger partial charge in [-0.2, -0.15) is 0 Å². The Morgan fingerprint density at radius 3 is 1.79 bits per heavy atom. The first kappa shape index (κ1) is 49.8. The van der Waals surface area contributed by atoms with Gasteiger partial charge in [-0.05, 0) is 147 Å². The van der Waals surface area contributed by atoms with Crippen molar-refractivity contribution in [1.29, 1.82) is 0 Å². The molecule has 317 valence electrons. The number of aromatic nitrogens is 4. The van der Waals surface area contributed by atoms with Gasteiger partial charge in [0.25, 0.3) is 0 Å². The number of nitrogens with one attached hydrogen (secondary N) is 2. The number of nitrogens with zero attached hydrogens (tertiary/aromatic N) is 4. The minimum absolute atomic E-state index is 0. The van der Waals surface area contributed by atoms with E-state index < -0.39 is 6.10 Å². The van der Waals surface area contributed by atoms with E-state index in [9.17, 15) is 18.7 Å². The first-order valence-corrected chi connectivity index (χ1v) is 20.9. The first-order chi connectivity index (χ1) is 29.3. The second-order valence-corrected chi connectivity index (χ2v) is 15.1. The maximum Gasteiger partial charge on any atom is 1.00 e. The number of unbranched alkanes of at least 4 members (excludes halogenated alkanes) is 2. The molecule has 4 N–H and O–H groups in total. The molecule has 1 atom stereocenters. The Labute approximate surface area is 389 Å². The number of aliphatic hydroxyl groups excluding tert-OH is 2. The summed E-state index contributed by atoms with van der Waals surface area (Å²) in [5, 5.41) is 25.7. The van der Waals surface area contributed by atoms with Gasteiger partial charge in [0.1, 0.15) is 23.3 Å². The van der Waals surface area contributed by atoms with Crippen LogP contribution in [0.4, 0.5) is 20.4 Å². The van der Waals surface area contributed by atoms with Gasteiger partial charge in [0.15, 0.2) is 5.78 Å². The number of aryl methyl sites for hydroxylation is 4. The fourth-order valence-electron chi connectivity index (χ4n) is 7.28. The summed E-state index contributed by atoms with van der Waals surface area (Å²) in [7, 11) is 1.00. The standard InChI is InChI=1S/C24H26FN3O.C24H24FN3O.CH4O.B.Na.H/c2*25-20-10-8-19-14-17(16-27-23(19)15-20)7-12-22(29)6-2-1-5-21-11-9-18-4-3-13-26-24(18)28-21;1-2;;;/h7-12,14-16,22,29H,1-6,13H2,(H,26,28);7-12,14-16H,1-6,13H2,(H,26,28);2H,1H3;;;/q;;;;+1;-1/b2*12-7+;;;;. The zero-order valence-electron chi connectivity index (χ0n) is 36.8. The third-order valence-electron chi connectivity index (χ3n) is 10.5. The number of allylic oxidation sites excluding steroid dienone is 1. The van der Waals surface area contributed by atoms with E-state index in [4.69, 9.17) is 15.1 Å². The number of hydrogen-bond acceptors (Lipinski definition) is 9. The molecule has 9 nitrogen and oxygen atoms in total. The molecule has 2 aliphatic heterocycles. The van der Waals surface area contributed by atoms with Gasteiger partial charge in [0.2, 0.25) is 0 Å². The van der Waals surface area contributed by atoms with Crippen LogP contribution in [0.25, 0.3) is 34.0 Å². The molecular formula is C49H55BF2N6NaO3. The Bertz CT molecular complexity index is 2440. The number of rotatable bonds is 14. The second kappa shape index (κ2) is 25.9. The number of anilines is 2. The SMILES string of the molecule is CO.O=C(/C=C/c1cnc2cc(F)ccc2c1)CCCCc1ccc2c(n1)NCCC2.OC(/C=C/c1cnc2cc(F)ccc2c1)CCCCc1ccc2c(n1)NCCC2.[B].[H-].[Na+]. The van der Waals surface area contributed by atoms with Crippen LogP contribution >= 0.6 is 0 Å². The van der Waals surface area contributed by atoms with Crippen molar-refractivity contribution in [2.24, 2.45) is 0 Å². The molecule has 1 unspecified atom stereocenters. The van der Waals surface area contributed by atoms with Gasteiger partial charge in [0.05, 0.1) is 17.1 Å². The van der Waals surface area contributed by atoms with Gasteiger partial charge >= 0.3 is 29.6 Å². The summed E-state index contributed by atoms with van der Waals surface area (Å²) in [4.78, 5) is 30.1. The topological polar surface area (TPSA) is 133 Å². The molecule has 2 aliphatic rings. The molecule has 0 aliphatic carbocycles. The van der Waals surface area contributed by atoms with Gasteiger partial charge < -0.3 is 22.3 Å². The van der Waals surface area contributed by atoms with Crippen molar-refractivity contribution in [2.45, 2.75) is 83.2 Å². The summed E-state index contributed by atoms with van der Waals surface area (Å²) < 4.78 is 26.4. The zero-order valence-corrected chi connectivity index (χ0v) is 37.8. The van der Waals surface area contributed by atoms with Gasteiger partial charge in [-0.3, -0.25) is 14.8 Å². The minimum Gasteiger partial charge on any atom is -1.00 e. The van der Waals surface area contributed by atoms with E-state index in [0.717, 1.165) is 123 Å². The zero-order chi connectivity index (χ0) is 42.1. The number of benzene rings is 2. The quantitative estimate of drug-likeness (QED) is 0.0561. The van der Waals surface area contributed by atoms with Crippen molar-refractivity contribution in [3.63, 3.8) is 0 Å². The van der Waals surface area contributed by atoms with Crippen LogP contribution in [-0.2, 0) is 30.5 Å². The van der Waals surface area contributed by atoms with Crippen molar-refractivity contribution in [3.05, 3.63) is 143 Å². The molecule has 8 rings (SSSR count). The van der Waals surface area contributed by atoms with Crippen molar-refractivity contribution >= 4 is 59.8 Å². The predicted molar refractivity (Wildman–Crippen MR) is 245 cm³/mol. The van der Waals surface area contributed by atoms with E-state index >= 15 is 0 Å². The summed E-state index contributed by atoms with van der Waals surface area (Å²) in [6.07, 6.45) is 21.2. The number of fused-ring (bicyclic) bond motifs is 4. The summed E-state index contributed by atoms with van der Waals surface area (Å²) >= 11 is 0. The van der Waals surface area contributed by atoms with Gasteiger partial charge in [-0.1, -0.05) is 30.7 Å². The van der Waals surface area contributed by atoms with Crippen LogP contribution in [0, 0.1) is 11.6 Å². The molecule has 6 heterocycles. The van der Waals surface area contributed by atoms with E-state index in [-0.39, 0.29) is 56.8 Å². The smallest absolute Gasteiger partial charge is 1.00 e. The van der Waals surface area contributed by atoms with Crippen LogP contribution < -0.4 is 40.2 Å². The monoisotopic (exact) mass is 847 g/mol. The van der Waals surface area contributed by atoms with Crippen LogP contribution in [0.2, 0.25) is 0 Å². The predicted octanol–water partition coefficient (Wildman–Crippen LogP) is 6.38. The van der Waals surface area contributed by atoms with E-state index in [1.807, 2.05) is 18.2 Å². The van der Waals surface area contributed by atoms with E-state index in [2.05, 4.69) is 44.9 Å². The molecule has 2 aromatic carbocycles. The minimum atomic E-state index is -0.489. The van der Waals surface area contributed by atoms with E-state index in [0.29, 0.717) is 23.9 Å². The largest absolute Gasteiger partial charge is 1.00 e. The second-order valence-electron chi connectivity index (χ2n) is 15.1. The fourth-order valence-corrected chi connectivity index (χ4v) is 7.28. The Morgan fingerprint density at radius 1 is 0.726 bits per heavy atom. The maximum atomic E-state index is 13.2. The maximum absolute atomic E-state index is 13.2. The molecule has 0 fully saturated rings. The molecule has 0 saturated carbocycles. The number of pyridine rings is 4. The number of aliphatic hydroxyl groups is 2. The number of ketones is 1. The molecule has 62 heavy (non-hydrogen) atoms. The van der Waals surface area contributed by atoms with Crippen molar-refractivity contribution in [3.8, 4) is 0 Å². The Balaban J connectivity index is 0.000000309. The van der Waals surface area contributed by atoms with Gasteiger partial charge in [-0.15, -0.1) is 0 Å². The molecule has 4 aromatic heterocycles. The van der Waals surface area contributed by atoms with Crippen LogP contribution in [0.3, 0.4) is 0 Å². The number of halogens is 2. The first-order valence-electron chi connectivity index (χ1n) is 20.9. The summed E-state index contributed by atoms with van der Waals surface area (Å²) in [5.41, 5.74) is 7.79. The third-order valence-corrected chi connectivity index (χ3v) is 10.5. The Kier molecular flexibility index (Phi) is 20.8. The number of carbonyl (C=O) groups is 1. The molecule has 13 heteroatoms. The number of carbonyl (C=O) groups excluding carboxylic acids is 1. The van der Waals surface area contributed by atoms with Crippen LogP contribution in [-0.4, -0.2) is 70.6 Å². The Morgan fingerprint density at radius 2 is 1.24 bits per heavy atom. The average Bonchev–Trinajstić information content (AvgIpc) is 3.28. The fraction of sp³-hybridized carbons (Fsp3) is 0.327. The van der Waals surface area contributed by atoms with E-state index in [1.54, 1.807) is 42.8 Å². The van der Waals surface area contributed by atoms with Crippen molar-refractivity contribution in [1.82, 2.24) is 19.9 Å². The van der Waals surface area contributed by atoms with Crippen molar-refractivity contribution < 1.29 is 54.8 Å².